The Balaban J connectivity index is 0.935. The minimum atomic E-state index is -1.63. The molecule has 5 heterocycles. The number of esters is 1. The second kappa shape index (κ2) is 21.9. The minimum Gasteiger partial charge on any atom is -0.457 e. The molecule has 4 bridgehead atoms. The quantitative estimate of drug-likeness (QED) is 0.112. The topological polar surface area (TPSA) is 228 Å². The van der Waals surface area contributed by atoms with Gasteiger partial charge < -0.3 is 33.8 Å². The van der Waals surface area contributed by atoms with Gasteiger partial charge in [0.25, 0.3) is 11.8 Å². The van der Waals surface area contributed by atoms with Gasteiger partial charge in [0.05, 0.1) is 34.4 Å². The lowest BCUT2D eigenvalue weighted by Gasteiger charge is -2.41. The summed E-state index contributed by atoms with van der Waals surface area (Å²) in [7, 11) is 1.62. The number of allylic oxidation sites excluding steroid dienone is 3. The van der Waals surface area contributed by atoms with Gasteiger partial charge in [-0.3, -0.25) is 34.2 Å². The Kier molecular flexibility index (Phi) is 16.6. The van der Waals surface area contributed by atoms with E-state index in [4.69, 9.17) is 35.4 Å². The summed E-state index contributed by atoms with van der Waals surface area (Å²) in [6.45, 7) is 11.1. The molecule has 5 aliphatic heterocycles. The van der Waals surface area contributed by atoms with Crippen LogP contribution in [0.2, 0.25) is 5.02 Å². The number of hydroxylamine groups is 2. The standard InChI is InChI=1S/C50H65ClN4O14S/c1-27-10-8-11-29(3)50(64)25-36(66-48(63)52-50)30(4)44-49(6,68-44)38(24-41(58)53(7)35-22-33(20-27)21-28(2)43(35)51)67-46(61)31(5)65-18-9-19-70-37-23-42(59)54(45(37)60)26-32-12-14-34(15-13-32)47(62)69-55-39(56)16-17-40(55)57/h8,10-11,21-22,29-32,34,36-38,44,64H,9,12-20,23-26H2,1-7H3,(H,52,63)/b11-8+,27-10+/t29-,30-,31+,32?,34?,36?,37?,38+,44+,49+,50+/m1/s1. The number of alkyl carbamates (subject to hydrolysis) is 1. The van der Waals surface area contributed by atoms with Gasteiger partial charge in [-0.15, -0.1) is 16.8 Å². The first kappa shape index (κ1) is 53.0. The second-order valence-electron chi connectivity index (χ2n) is 20.0. The molecule has 0 radical (unpaired) electrons. The second-order valence-corrected chi connectivity index (χ2v) is 21.6. The van der Waals surface area contributed by atoms with Crippen molar-refractivity contribution in [1.82, 2.24) is 15.3 Å². The molecule has 1 aromatic carbocycles. The number of nitrogens with one attached hydrogen (secondary N) is 1. The lowest BCUT2D eigenvalue weighted by Crippen LogP contribution is -2.60. The average Bonchev–Trinajstić information content (AvgIpc) is 3.82. The van der Waals surface area contributed by atoms with Gasteiger partial charge in [-0.25, -0.2) is 14.4 Å². The van der Waals surface area contributed by atoms with Gasteiger partial charge in [0, 0.05) is 57.7 Å². The van der Waals surface area contributed by atoms with Gasteiger partial charge in [-0.1, -0.05) is 55.3 Å². The number of rotatable bonds is 12. The fourth-order valence-electron chi connectivity index (χ4n) is 10.0. The molecule has 5 fully saturated rings. The number of ether oxygens (including phenoxy) is 4. The van der Waals surface area contributed by atoms with Crippen molar-refractivity contribution in [3.05, 3.63) is 52.1 Å². The Labute approximate surface area is 417 Å². The molecule has 1 aromatic rings. The number of fused-ring (bicyclic) bond motifs is 5. The molecule has 6 aliphatic rings. The van der Waals surface area contributed by atoms with Crippen molar-refractivity contribution in [3.63, 3.8) is 0 Å². The molecule has 4 saturated heterocycles. The number of likely N-dealkylation sites (tertiary alicyclic amines) is 1. The lowest BCUT2D eigenvalue weighted by atomic mass is 9.82. The van der Waals surface area contributed by atoms with Crippen LogP contribution in [0.1, 0.15) is 110 Å². The van der Waals surface area contributed by atoms with Crippen LogP contribution in [0.15, 0.2) is 35.9 Å². The first-order valence-corrected chi connectivity index (χ1v) is 25.6. The normalized spacial score (nSPS) is 33.5. The van der Waals surface area contributed by atoms with Crippen molar-refractivity contribution in [2.24, 2.45) is 23.7 Å². The first-order valence-electron chi connectivity index (χ1n) is 24.2. The number of carbonyl (C=O) groups is 8. The molecule has 7 rings (SSSR count). The number of hydrogen-bond acceptors (Lipinski definition) is 15. The number of hydrogen-bond donors (Lipinski definition) is 2. The number of aliphatic hydroxyl groups is 1. The van der Waals surface area contributed by atoms with Crippen LogP contribution in [0.5, 0.6) is 0 Å². The molecular weight excluding hydrogens is 948 g/mol. The van der Waals surface area contributed by atoms with E-state index in [2.05, 4.69) is 5.32 Å². The number of halogens is 1. The van der Waals surface area contributed by atoms with E-state index in [0.29, 0.717) is 60.1 Å². The lowest BCUT2D eigenvalue weighted by molar-refractivity contribution is -0.201. The van der Waals surface area contributed by atoms with E-state index in [1.807, 2.05) is 58.1 Å². The van der Waals surface area contributed by atoms with Crippen molar-refractivity contribution in [3.8, 4) is 0 Å². The molecule has 20 heteroatoms. The summed E-state index contributed by atoms with van der Waals surface area (Å²) in [5, 5.41) is 14.7. The van der Waals surface area contributed by atoms with Crippen LogP contribution in [0.3, 0.4) is 0 Å². The van der Waals surface area contributed by atoms with Gasteiger partial charge in [0.15, 0.2) is 6.10 Å². The molecule has 2 N–H and O–H groups in total. The summed E-state index contributed by atoms with van der Waals surface area (Å²) in [5.41, 5.74) is 0.363. The zero-order valence-corrected chi connectivity index (χ0v) is 42.4. The third kappa shape index (κ3) is 11.9. The van der Waals surface area contributed by atoms with E-state index in [1.165, 1.54) is 21.6 Å². The van der Waals surface area contributed by atoms with Crippen LogP contribution in [0.25, 0.3) is 0 Å². The van der Waals surface area contributed by atoms with E-state index >= 15 is 0 Å². The number of imide groups is 2. The molecular formula is C50H65ClN4O14S. The maximum Gasteiger partial charge on any atom is 0.409 e. The summed E-state index contributed by atoms with van der Waals surface area (Å²) >= 11 is 8.15. The monoisotopic (exact) mass is 1010 g/mol. The molecule has 2 unspecified atom stereocenters. The summed E-state index contributed by atoms with van der Waals surface area (Å²) in [6.07, 6.45) is 4.15. The van der Waals surface area contributed by atoms with Crippen molar-refractivity contribution in [2.45, 2.75) is 153 Å². The zero-order chi connectivity index (χ0) is 50.8. The van der Waals surface area contributed by atoms with E-state index in [1.54, 1.807) is 20.9 Å². The summed E-state index contributed by atoms with van der Waals surface area (Å²) in [4.78, 5) is 111. The first-order chi connectivity index (χ1) is 33.1. The smallest absolute Gasteiger partial charge is 0.409 e. The number of anilines is 1. The van der Waals surface area contributed by atoms with Crippen molar-refractivity contribution in [2.75, 3.05) is 30.9 Å². The molecule has 70 heavy (non-hydrogen) atoms. The molecule has 0 spiro atoms. The highest BCUT2D eigenvalue weighted by Crippen LogP contribution is 2.49. The molecule has 9 atom stereocenters. The number of epoxide rings is 1. The highest BCUT2D eigenvalue weighted by molar-refractivity contribution is 8.00. The molecule has 382 valence electrons. The largest absolute Gasteiger partial charge is 0.457 e. The Morgan fingerprint density at radius 3 is 2.40 bits per heavy atom. The van der Waals surface area contributed by atoms with E-state index in [0.717, 1.165) is 16.7 Å². The van der Waals surface area contributed by atoms with Crippen LogP contribution in [0.4, 0.5) is 10.5 Å². The van der Waals surface area contributed by atoms with Gasteiger partial charge in [-0.05, 0) is 95.1 Å². The summed E-state index contributed by atoms with van der Waals surface area (Å²) in [6, 6.07) is 3.82. The van der Waals surface area contributed by atoms with Gasteiger partial charge >= 0.3 is 18.0 Å². The van der Waals surface area contributed by atoms with Crippen LogP contribution < -0.4 is 10.2 Å². The Morgan fingerprint density at radius 1 is 1.00 bits per heavy atom. The van der Waals surface area contributed by atoms with Crippen LogP contribution in [0, 0.1) is 30.6 Å². The molecule has 18 nitrogen and oxygen atoms in total. The van der Waals surface area contributed by atoms with Gasteiger partial charge in [0.2, 0.25) is 17.7 Å². The number of amides is 6. The Bertz CT molecular complexity index is 2300. The van der Waals surface area contributed by atoms with Crippen molar-refractivity contribution >= 4 is 76.6 Å². The third-order valence-corrected chi connectivity index (χ3v) is 16.5. The number of benzene rings is 1. The maximum atomic E-state index is 14.2. The number of thioether (sulfide) groups is 1. The zero-order valence-electron chi connectivity index (χ0n) is 40.9. The third-order valence-electron chi connectivity index (χ3n) is 14.7. The molecule has 6 amide bonds. The number of carbonyl (C=O) groups excluding carboxylic acids is 8. The SMILES string of the molecule is C/C1=C\C=C\[C@@H](C)[C@@]2(O)CC(OC(=O)N2)[C@@H](C)[C@@H]2O[C@@]2(C)[C@@H](OC(=O)[C@H](C)OCCCSC2CC(=O)N(CC3CCC(C(=O)ON4C(=O)CCC4=O)CC3)C2=O)CC(=O)N(C)c2cc(cc(C)c2Cl)C1. The van der Waals surface area contributed by atoms with Crippen molar-refractivity contribution < 1.29 is 67.2 Å². The average molecular weight is 1010 g/mol. The summed E-state index contributed by atoms with van der Waals surface area (Å²) in [5.74, 6) is -4.34. The van der Waals surface area contributed by atoms with E-state index < -0.39 is 94.5 Å². The molecule has 1 saturated carbocycles. The highest BCUT2D eigenvalue weighted by atomic mass is 35.5. The van der Waals surface area contributed by atoms with Crippen molar-refractivity contribution in [1.29, 1.82) is 0 Å². The number of nitrogens with zero attached hydrogens (tertiary/aromatic N) is 3. The van der Waals surface area contributed by atoms with E-state index in [-0.39, 0.29) is 63.0 Å². The summed E-state index contributed by atoms with van der Waals surface area (Å²) < 4.78 is 24.0. The van der Waals surface area contributed by atoms with E-state index in [9.17, 15) is 43.5 Å². The Hall–Kier alpha value is -4.82. The minimum absolute atomic E-state index is 0.00469. The van der Waals surface area contributed by atoms with Gasteiger partial charge in [-0.2, -0.15) is 0 Å². The van der Waals surface area contributed by atoms with Crippen LogP contribution in [-0.4, -0.2) is 130 Å². The molecule has 1 aliphatic carbocycles. The van der Waals surface area contributed by atoms with Crippen LogP contribution >= 0.6 is 23.4 Å². The van der Waals surface area contributed by atoms with Gasteiger partial charge in [0.1, 0.15) is 23.5 Å². The highest BCUT2D eigenvalue weighted by Gasteiger charge is 2.64. The number of aryl methyl sites for hydroxylation is 1. The Morgan fingerprint density at radius 2 is 1.70 bits per heavy atom. The predicted octanol–water partition coefficient (Wildman–Crippen LogP) is 5.66. The fraction of sp³-hybridized carbons (Fsp3) is 0.640. The molecule has 0 aromatic heterocycles. The fourth-order valence-corrected chi connectivity index (χ4v) is 11.4. The van der Waals surface area contributed by atoms with Crippen LogP contribution in [-0.2, 0) is 63.8 Å². The predicted molar refractivity (Wildman–Crippen MR) is 256 cm³/mol. The maximum absolute atomic E-state index is 14.2.